The second-order valence-electron chi connectivity index (χ2n) is 7.11. The van der Waals surface area contributed by atoms with Crippen molar-refractivity contribution in [2.24, 2.45) is 0 Å². The molecule has 1 heterocycles. The Morgan fingerprint density at radius 1 is 0.867 bits per heavy atom. The topological polar surface area (TPSA) is 49.9 Å². The number of fused-ring (bicyclic) bond motifs is 1. The molecule has 0 N–H and O–H groups in total. The summed E-state index contributed by atoms with van der Waals surface area (Å²) < 4.78 is 5.89. The van der Waals surface area contributed by atoms with E-state index >= 15 is 0 Å². The van der Waals surface area contributed by atoms with Gasteiger partial charge in [0, 0.05) is 14.1 Å². The molecule has 0 saturated carbocycles. The highest BCUT2D eigenvalue weighted by atomic mass is 32.1. The van der Waals surface area contributed by atoms with Gasteiger partial charge in [-0.15, -0.1) is 0 Å². The molecule has 0 unspecified atom stereocenters. The Hall–Kier alpha value is -3.51. The van der Waals surface area contributed by atoms with E-state index in [9.17, 15) is 9.59 Å². The number of benzene rings is 3. The van der Waals surface area contributed by atoms with Gasteiger partial charge in [0.2, 0.25) is 0 Å². The first-order valence-corrected chi connectivity index (χ1v) is 9.87. The highest BCUT2D eigenvalue weighted by Gasteiger charge is 2.35. The SMILES string of the molecule is CN1C(=O)C(=Cc2ccc(OCc3ccc4ccccc4c3)cc2)C(=O)N(C)C1=S. The molecule has 30 heavy (non-hydrogen) atoms. The molecule has 0 bridgehead atoms. The molecule has 1 aliphatic heterocycles. The van der Waals surface area contributed by atoms with Crippen LogP contribution in [-0.2, 0) is 16.2 Å². The second kappa shape index (κ2) is 8.08. The van der Waals surface area contributed by atoms with Crippen LogP contribution < -0.4 is 4.74 Å². The predicted octanol–water partition coefficient (Wildman–Crippen LogP) is 4.02. The molecule has 2 amide bonds. The van der Waals surface area contributed by atoms with Crippen LogP contribution in [-0.4, -0.2) is 40.8 Å². The lowest BCUT2D eigenvalue weighted by Crippen LogP contribution is -2.52. The smallest absolute Gasteiger partial charge is 0.265 e. The number of hydrogen-bond acceptors (Lipinski definition) is 4. The fraction of sp³-hybridized carbons (Fsp3) is 0.125. The van der Waals surface area contributed by atoms with Gasteiger partial charge in [0.1, 0.15) is 17.9 Å². The lowest BCUT2D eigenvalue weighted by Gasteiger charge is -2.31. The number of carbonyl (C=O) groups excluding carboxylic acids is 2. The third-order valence-electron chi connectivity index (χ3n) is 5.05. The molecule has 0 spiro atoms. The van der Waals surface area contributed by atoms with Crippen LogP contribution in [0.3, 0.4) is 0 Å². The van der Waals surface area contributed by atoms with Crippen molar-refractivity contribution in [3.05, 3.63) is 83.4 Å². The summed E-state index contributed by atoms with van der Waals surface area (Å²) in [5.74, 6) is -0.0959. The van der Waals surface area contributed by atoms with E-state index in [4.69, 9.17) is 17.0 Å². The third kappa shape index (κ3) is 3.82. The van der Waals surface area contributed by atoms with E-state index in [-0.39, 0.29) is 10.7 Å². The van der Waals surface area contributed by atoms with Gasteiger partial charge in [0.05, 0.1) is 0 Å². The van der Waals surface area contributed by atoms with E-state index in [2.05, 4.69) is 30.3 Å². The molecule has 1 aliphatic rings. The van der Waals surface area contributed by atoms with E-state index < -0.39 is 11.8 Å². The Labute approximate surface area is 180 Å². The lowest BCUT2D eigenvalue weighted by molar-refractivity contribution is -0.132. The average Bonchev–Trinajstić information content (AvgIpc) is 2.78. The number of thiocarbonyl (C=S) groups is 1. The Morgan fingerprint density at radius 2 is 1.50 bits per heavy atom. The van der Waals surface area contributed by atoms with Gasteiger partial charge in [-0.2, -0.15) is 0 Å². The maximum Gasteiger partial charge on any atom is 0.265 e. The number of nitrogens with zero attached hydrogens (tertiary/aromatic N) is 2. The summed E-state index contributed by atoms with van der Waals surface area (Å²) in [6, 6.07) is 21.7. The number of amides is 2. The van der Waals surface area contributed by atoms with Crippen LogP contribution in [0.25, 0.3) is 16.8 Å². The lowest BCUT2D eigenvalue weighted by atomic mass is 10.1. The molecule has 1 fully saturated rings. The van der Waals surface area contributed by atoms with Gasteiger partial charge in [-0.3, -0.25) is 19.4 Å². The van der Waals surface area contributed by atoms with Crippen LogP contribution in [0.2, 0.25) is 0 Å². The van der Waals surface area contributed by atoms with E-state index in [1.165, 1.54) is 20.6 Å². The summed E-state index contributed by atoms with van der Waals surface area (Å²) in [6.45, 7) is 0.454. The molecule has 3 aromatic carbocycles. The van der Waals surface area contributed by atoms with Gasteiger partial charge in [-0.05, 0) is 58.4 Å². The van der Waals surface area contributed by atoms with Crippen LogP contribution >= 0.6 is 12.2 Å². The molecule has 5 nitrogen and oxygen atoms in total. The molecule has 6 heteroatoms. The van der Waals surface area contributed by atoms with Crippen molar-refractivity contribution in [1.29, 1.82) is 0 Å². The fourth-order valence-electron chi connectivity index (χ4n) is 3.30. The normalized spacial score (nSPS) is 14.5. The van der Waals surface area contributed by atoms with E-state index in [1.54, 1.807) is 20.2 Å². The number of rotatable bonds is 4. The minimum Gasteiger partial charge on any atom is -0.489 e. The van der Waals surface area contributed by atoms with Crippen LogP contribution in [0.15, 0.2) is 72.3 Å². The summed E-state index contributed by atoms with van der Waals surface area (Å²) in [5.41, 5.74) is 1.90. The van der Waals surface area contributed by atoms with Gasteiger partial charge in [0.15, 0.2) is 5.11 Å². The molecular formula is C24H20N2O3S. The Kier molecular flexibility index (Phi) is 5.33. The first kappa shape index (κ1) is 19.8. The minimum absolute atomic E-state index is 0.0819. The number of hydrogen-bond donors (Lipinski definition) is 0. The first-order valence-electron chi connectivity index (χ1n) is 9.46. The molecule has 4 rings (SSSR count). The van der Waals surface area contributed by atoms with Crippen molar-refractivity contribution in [2.45, 2.75) is 6.61 Å². The van der Waals surface area contributed by atoms with Crippen LogP contribution in [0.5, 0.6) is 5.75 Å². The number of ether oxygens (including phenoxy) is 1. The van der Waals surface area contributed by atoms with Gasteiger partial charge < -0.3 is 4.74 Å². The monoisotopic (exact) mass is 416 g/mol. The Morgan fingerprint density at radius 3 is 2.17 bits per heavy atom. The number of carbonyl (C=O) groups is 2. The van der Waals surface area contributed by atoms with Crippen molar-refractivity contribution >= 4 is 46.0 Å². The van der Waals surface area contributed by atoms with Crippen LogP contribution in [0.4, 0.5) is 0 Å². The van der Waals surface area contributed by atoms with E-state index in [0.29, 0.717) is 12.4 Å². The van der Waals surface area contributed by atoms with E-state index in [0.717, 1.165) is 11.1 Å². The zero-order chi connectivity index (χ0) is 21.3. The van der Waals surface area contributed by atoms with Crippen LogP contribution in [0, 0.1) is 0 Å². The van der Waals surface area contributed by atoms with Crippen molar-refractivity contribution < 1.29 is 14.3 Å². The zero-order valence-electron chi connectivity index (χ0n) is 16.7. The maximum absolute atomic E-state index is 12.4. The van der Waals surface area contributed by atoms with Crippen molar-refractivity contribution in [1.82, 2.24) is 9.80 Å². The first-order chi connectivity index (χ1) is 14.4. The third-order valence-corrected chi connectivity index (χ3v) is 5.60. The largest absolute Gasteiger partial charge is 0.489 e. The second-order valence-corrected chi connectivity index (χ2v) is 7.47. The summed E-state index contributed by atoms with van der Waals surface area (Å²) >= 11 is 5.10. The van der Waals surface area contributed by atoms with Crippen LogP contribution in [0.1, 0.15) is 11.1 Å². The molecular weight excluding hydrogens is 396 g/mol. The zero-order valence-corrected chi connectivity index (χ0v) is 17.5. The standard InChI is InChI=1S/C24H20N2O3S/c1-25-22(27)21(23(28)26(2)24(25)30)14-16-8-11-20(12-9-16)29-15-17-7-10-18-5-3-4-6-19(18)13-17/h3-14H,15H2,1-2H3. The number of likely N-dealkylation sites (N-methyl/N-ethyl adjacent to an activating group) is 2. The molecule has 0 atom stereocenters. The molecule has 0 radical (unpaired) electrons. The predicted molar refractivity (Wildman–Crippen MR) is 121 cm³/mol. The summed E-state index contributed by atoms with van der Waals surface area (Å²) in [6.07, 6.45) is 1.58. The van der Waals surface area contributed by atoms with Gasteiger partial charge in [0.25, 0.3) is 11.8 Å². The Bertz CT molecular complexity index is 1160. The fourth-order valence-corrected chi connectivity index (χ4v) is 3.46. The average molecular weight is 417 g/mol. The maximum atomic E-state index is 12.4. The summed E-state index contributed by atoms with van der Waals surface area (Å²) in [5, 5.41) is 2.57. The van der Waals surface area contributed by atoms with Gasteiger partial charge in [-0.1, -0.05) is 48.5 Å². The quantitative estimate of drug-likeness (QED) is 0.366. The highest BCUT2D eigenvalue weighted by Crippen LogP contribution is 2.21. The van der Waals surface area contributed by atoms with E-state index in [1.807, 2.05) is 36.4 Å². The summed E-state index contributed by atoms with van der Waals surface area (Å²) in [7, 11) is 3.12. The molecule has 150 valence electrons. The highest BCUT2D eigenvalue weighted by molar-refractivity contribution is 7.80. The van der Waals surface area contributed by atoms with Gasteiger partial charge >= 0.3 is 0 Å². The molecule has 0 aromatic heterocycles. The van der Waals surface area contributed by atoms with Gasteiger partial charge in [-0.25, -0.2) is 0 Å². The van der Waals surface area contributed by atoms with Crippen molar-refractivity contribution in [3.63, 3.8) is 0 Å². The molecule has 1 saturated heterocycles. The minimum atomic E-state index is -0.403. The van der Waals surface area contributed by atoms with Crippen molar-refractivity contribution in [2.75, 3.05) is 14.1 Å². The molecule has 0 aliphatic carbocycles. The van der Waals surface area contributed by atoms with Crippen molar-refractivity contribution in [3.8, 4) is 5.75 Å². The summed E-state index contributed by atoms with van der Waals surface area (Å²) in [4.78, 5) is 27.4. The molecule has 3 aromatic rings. The Balaban J connectivity index is 1.47.